The van der Waals surface area contributed by atoms with Crippen molar-refractivity contribution in [2.75, 3.05) is 6.61 Å². The first kappa shape index (κ1) is 15.1. The van der Waals surface area contributed by atoms with Crippen LogP contribution in [0.15, 0.2) is 41.8 Å². The minimum absolute atomic E-state index is 0.254. The fourth-order valence-corrected chi connectivity index (χ4v) is 2.25. The lowest BCUT2D eigenvalue weighted by atomic mass is 10.1. The minimum Gasteiger partial charge on any atom is -0.448 e. The van der Waals surface area contributed by atoms with Crippen molar-refractivity contribution < 1.29 is 14.3 Å². The van der Waals surface area contributed by atoms with Crippen LogP contribution in [0.1, 0.15) is 20.8 Å². The van der Waals surface area contributed by atoms with E-state index in [2.05, 4.69) is 10.9 Å². The second-order valence-electron chi connectivity index (χ2n) is 4.43. The first-order valence-corrected chi connectivity index (χ1v) is 7.35. The number of carbonyl (C=O) groups excluding carboxylic acids is 2. The minimum atomic E-state index is -0.674. The van der Waals surface area contributed by atoms with Crippen LogP contribution < -0.4 is 10.9 Å². The molecular weight excluding hydrogens is 288 g/mol. The van der Waals surface area contributed by atoms with E-state index in [4.69, 9.17) is 4.74 Å². The van der Waals surface area contributed by atoms with Gasteiger partial charge in [-0.2, -0.15) is 0 Å². The highest BCUT2D eigenvalue weighted by Crippen LogP contribution is 2.07. The predicted octanol–water partition coefficient (Wildman–Crippen LogP) is 2.67. The summed E-state index contributed by atoms with van der Waals surface area (Å²) in [6, 6.07) is 11.4. The van der Waals surface area contributed by atoms with Crippen LogP contribution in [0.3, 0.4) is 0 Å². The van der Waals surface area contributed by atoms with Gasteiger partial charge in [0.2, 0.25) is 0 Å². The summed E-state index contributed by atoms with van der Waals surface area (Å²) in [5.74, 6) is -0.361. The number of rotatable bonds is 4. The average molecular weight is 304 g/mol. The van der Waals surface area contributed by atoms with E-state index in [1.54, 1.807) is 17.5 Å². The predicted molar refractivity (Wildman–Crippen MR) is 81.2 cm³/mol. The Kier molecular flexibility index (Phi) is 5.34. The average Bonchev–Trinajstić information content (AvgIpc) is 3.01. The van der Waals surface area contributed by atoms with E-state index in [0.717, 1.165) is 5.56 Å². The highest BCUT2D eigenvalue weighted by atomic mass is 32.1. The van der Waals surface area contributed by atoms with E-state index in [9.17, 15) is 9.59 Å². The first-order chi connectivity index (χ1) is 10.1. The highest BCUT2D eigenvalue weighted by Gasteiger charge is 2.08. The molecule has 0 unspecified atom stereocenters. The lowest BCUT2D eigenvalue weighted by Gasteiger charge is -2.07. The molecule has 1 heterocycles. The van der Waals surface area contributed by atoms with Gasteiger partial charge in [-0.05, 0) is 23.9 Å². The van der Waals surface area contributed by atoms with Crippen LogP contribution in [0.25, 0.3) is 0 Å². The molecule has 2 aromatic rings. The van der Waals surface area contributed by atoms with Crippen LogP contribution in [-0.2, 0) is 11.2 Å². The number of ether oxygens (including phenoxy) is 1. The Labute approximate surface area is 126 Å². The lowest BCUT2D eigenvalue weighted by Crippen LogP contribution is -2.41. The number of hydrazine groups is 1. The molecule has 0 bridgehead atoms. The molecule has 0 aliphatic heterocycles. The molecule has 110 valence electrons. The third-order valence-corrected chi connectivity index (χ3v) is 3.64. The van der Waals surface area contributed by atoms with Gasteiger partial charge in [-0.1, -0.05) is 35.9 Å². The van der Waals surface area contributed by atoms with E-state index in [1.807, 2.05) is 31.2 Å². The molecule has 2 rings (SSSR count). The number of nitrogens with one attached hydrogen (secondary N) is 2. The van der Waals surface area contributed by atoms with Gasteiger partial charge in [0, 0.05) is 6.42 Å². The molecule has 0 saturated heterocycles. The van der Waals surface area contributed by atoms with Gasteiger partial charge in [0.15, 0.2) is 0 Å². The second-order valence-corrected chi connectivity index (χ2v) is 5.38. The van der Waals surface area contributed by atoms with Crippen LogP contribution in [0.5, 0.6) is 0 Å². The molecule has 2 amide bonds. The number of carbonyl (C=O) groups is 2. The summed E-state index contributed by atoms with van der Waals surface area (Å²) in [6.07, 6.45) is -0.0425. The van der Waals surface area contributed by atoms with Gasteiger partial charge >= 0.3 is 6.09 Å². The van der Waals surface area contributed by atoms with Crippen molar-refractivity contribution in [3.8, 4) is 0 Å². The second kappa shape index (κ2) is 7.44. The number of amides is 2. The monoisotopic (exact) mass is 304 g/mol. The molecule has 0 radical (unpaired) electrons. The van der Waals surface area contributed by atoms with Crippen molar-refractivity contribution in [3.63, 3.8) is 0 Å². The lowest BCUT2D eigenvalue weighted by molar-refractivity contribution is 0.0914. The zero-order chi connectivity index (χ0) is 15.1. The molecule has 2 N–H and O–H groups in total. The Bertz CT molecular complexity index is 594. The maximum Gasteiger partial charge on any atom is 0.426 e. The fourth-order valence-electron chi connectivity index (χ4n) is 1.63. The van der Waals surface area contributed by atoms with E-state index in [0.29, 0.717) is 11.3 Å². The molecule has 21 heavy (non-hydrogen) atoms. The van der Waals surface area contributed by atoms with Crippen LogP contribution in [-0.4, -0.2) is 18.6 Å². The van der Waals surface area contributed by atoms with E-state index < -0.39 is 6.09 Å². The van der Waals surface area contributed by atoms with Crippen LogP contribution >= 0.6 is 11.3 Å². The van der Waals surface area contributed by atoms with Crippen LogP contribution in [0.2, 0.25) is 0 Å². The summed E-state index contributed by atoms with van der Waals surface area (Å²) in [5.41, 5.74) is 6.78. The molecule has 0 fully saturated rings. The molecule has 1 aromatic carbocycles. The van der Waals surface area contributed by atoms with Gasteiger partial charge < -0.3 is 4.74 Å². The Morgan fingerprint density at radius 2 is 1.90 bits per heavy atom. The standard InChI is InChI=1S/C15H16N2O3S/c1-11-4-6-12(7-5-11)8-9-20-15(19)17-16-14(18)13-3-2-10-21-13/h2-7,10H,8-9H2,1H3,(H,16,18)(H,17,19). The number of aryl methyl sites for hydroxylation is 1. The highest BCUT2D eigenvalue weighted by molar-refractivity contribution is 7.12. The van der Waals surface area contributed by atoms with Crippen molar-refractivity contribution in [2.45, 2.75) is 13.3 Å². The summed E-state index contributed by atoms with van der Waals surface area (Å²) < 4.78 is 4.98. The van der Waals surface area contributed by atoms with E-state index in [-0.39, 0.29) is 12.5 Å². The SMILES string of the molecule is Cc1ccc(CCOC(=O)NNC(=O)c2cccs2)cc1. The molecule has 0 aliphatic carbocycles. The Morgan fingerprint density at radius 1 is 1.14 bits per heavy atom. The van der Waals surface area contributed by atoms with Gasteiger partial charge in [-0.3, -0.25) is 10.2 Å². The largest absolute Gasteiger partial charge is 0.448 e. The third-order valence-electron chi connectivity index (χ3n) is 2.77. The summed E-state index contributed by atoms with van der Waals surface area (Å²) in [4.78, 5) is 23.5. The Balaban J connectivity index is 1.66. The van der Waals surface area contributed by atoms with Gasteiger partial charge in [0.05, 0.1) is 11.5 Å². The Morgan fingerprint density at radius 3 is 2.57 bits per heavy atom. The summed E-state index contributed by atoms with van der Waals surface area (Å²) in [7, 11) is 0. The summed E-state index contributed by atoms with van der Waals surface area (Å²) >= 11 is 1.29. The summed E-state index contributed by atoms with van der Waals surface area (Å²) in [6.45, 7) is 2.27. The maximum atomic E-state index is 11.6. The Hall–Kier alpha value is -2.34. The number of thiophene rings is 1. The smallest absolute Gasteiger partial charge is 0.426 e. The number of hydrogen-bond acceptors (Lipinski definition) is 4. The third kappa shape index (κ3) is 4.92. The molecule has 6 heteroatoms. The normalized spacial score (nSPS) is 9.95. The molecule has 0 saturated carbocycles. The zero-order valence-corrected chi connectivity index (χ0v) is 12.4. The van der Waals surface area contributed by atoms with Crippen molar-refractivity contribution >= 4 is 23.3 Å². The molecule has 0 atom stereocenters. The van der Waals surface area contributed by atoms with Crippen molar-refractivity contribution in [2.24, 2.45) is 0 Å². The molecule has 5 nitrogen and oxygen atoms in total. The molecule has 0 spiro atoms. The van der Waals surface area contributed by atoms with Crippen LogP contribution in [0.4, 0.5) is 4.79 Å². The molecule has 0 aliphatic rings. The first-order valence-electron chi connectivity index (χ1n) is 6.47. The topological polar surface area (TPSA) is 67.4 Å². The van der Waals surface area contributed by atoms with Gasteiger partial charge in [-0.15, -0.1) is 11.3 Å². The molecular formula is C15H16N2O3S. The number of hydrogen-bond donors (Lipinski definition) is 2. The van der Waals surface area contributed by atoms with E-state index >= 15 is 0 Å². The van der Waals surface area contributed by atoms with Crippen molar-refractivity contribution in [3.05, 3.63) is 57.8 Å². The molecule has 1 aromatic heterocycles. The summed E-state index contributed by atoms with van der Waals surface area (Å²) in [5, 5.41) is 1.79. The fraction of sp³-hybridized carbons (Fsp3) is 0.200. The van der Waals surface area contributed by atoms with Gasteiger partial charge in [0.1, 0.15) is 0 Å². The van der Waals surface area contributed by atoms with Crippen LogP contribution in [0, 0.1) is 6.92 Å². The van der Waals surface area contributed by atoms with Crippen molar-refractivity contribution in [1.29, 1.82) is 0 Å². The maximum absolute atomic E-state index is 11.6. The van der Waals surface area contributed by atoms with E-state index in [1.165, 1.54) is 16.9 Å². The van der Waals surface area contributed by atoms with Crippen molar-refractivity contribution in [1.82, 2.24) is 10.9 Å². The van der Waals surface area contributed by atoms with Gasteiger partial charge in [-0.25, -0.2) is 10.2 Å². The van der Waals surface area contributed by atoms with Gasteiger partial charge in [0.25, 0.3) is 5.91 Å². The number of benzene rings is 1. The quantitative estimate of drug-likeness (QED) is 0.853. The zero-order valence-electron chi connectivity index (χ0n) is 11.6.